The number of hydrogen-bond donors (Lipinski definition) is 1. The van der Waals surface area contributed by atoms with Gasteiger partial charge in [0.2, 0.25) is 0 Å². The molecule has 1 N–H and O–H groups in total. The molecule has 0 atom stereocenters. The highest BCUT2D eigenvalue weighted by molar-refractivity contribution is 9.10. The topological polar surface area (TPSA) is 77.1 Å². The molecule has 10 heteroatoms. The van der Waals surface area contributed by atoms with Crippen molar-refractivity contribution in [3.63, 3.8) is 0 Å². The fraction of sp³-hybridized carbons (Fsp3) is 0.353. The van der Waals surface area contributed by atoms with Crippen LogP contribution in [0, 0.1) is 0 Å². The molecule has 7 nitrogen and oxygen atoms in total. The van der Waals surface area contributed by atoms with Gasteiger partial charge in [-0.3, -0.25) is 9.59 Å². The average Bonchev–Trinajstić information content (AvgIpc) is 2.97. The molecule has 2 saturated heterocycles. The second-order valence-corrected chi connectivity index (χ2v) is 8.24. The number of thiocarbonyl (C=S) groups is 1. The van der Waals surface area contributed by atoms with Gasteiger partial charge in [-0.15, -0.1) is 0 Å². The smallest absolute Gasteiger partial charge is 0.263 e. The van der Waals surface area contributed by atoms with E-state index >= 15 is 0 Å². The van der Waals surface area contributed by atoms with Crippen LogP contribution in [0.1, 0.15) is 5.56 Å². The quantitative estimate of drug-likeness (QED) is 0.519. The maximum absolute atomic E-state index is 12.3. The summed E-state index contributed by atoms with van der Waals surface area (Å²) in [6.45, 7) is 2.11. The summed E-state index contributed by atoms with van der Waals surface area (Å²) in [4.78, 5) is 26.3. The van der Waals surface area contributed by atoms with E-state index in [-0.39, 0.29) is 18.4 Å². The molecule has 2 aliphatic heterocycles. The van der Waals surface area contributed by atoms with Crippen molar-refractivity contribution in [3.05, 3.63) is 27.1 Å². The minimum Gasteiger partial charge on any atom is -0.493 e. The fourth-order valence-corrected chi connectivity index (χ4v) is 4.19. The van der Waals surface area contributed by atoms with Gasteiger partial charge in [0.05, 0.1) is 29.7 Å². The highest BCUT2D eigenvalue weighted by Crippen LogP contribution is 2.38. The van der Waals surface area contributed by atoms with E-state index in [4.69, 9.17) is 26.4 Å². The van der Waals surface area contributed by atoms with Gasteiger partial charge in [-0.05, 0) is 39.7 Å². The Morgan fingerprint density at radius 1 is 1.44 bits per heavy atom. The minimum atomic E-state index is -0.225. The molecule has 0 bridgehead atoms. The van der Waals surface area contributed by atoms with Crippen LogP contribution in [0.15, 0.2) is 21.5 Å². The van der Waals surface area contributed by atoms with E-state index in [9.17, 15) is 9.59 Å². The van der Waals surface area contributed by atoms with Crippen molar-refractivity contribution in [2.45, 2.75) is 0 Å². The second-order valence-electron chi connectivity index (χ2n) is 5.67. The molecular weight excluding hydrogens is 456 g/mol. The lowest BCUT2D eigenvalue weighted by molar-refractivity contribution is -0.137. The summed E-state index contributed by atoms with van der Waals surface area (Å²) in [6.07, 6.45) is 1.72. The molecule has 1 aromatic carbocycles. The molecule has 2 heterocycles. The summed E-state index contributed by atoms with van der Waals surface area (Å²) in [5, 5.41) is 2.57. The van der Waals surface area contributed by atoms with Crippen LogP contribution in [0.5, 0.6) is 11.5 Å². The third kappa shape index (κ3) is 5.01. The minimum absolute atomic E-state index is 0.0953. The summed E-state index contributed by atoms with van der Waals surface area (Å²) < 4.78 is 17.4. The second kappa shape index (κ2) is 9.05. The Morgan fingerprint density at radius 2 is 2.19 bits per heavy atom. The first-order valence-electron chi connectivity index (χ1n) is 8.08. The van der Waals surface area contributed by atoms with Crippen LogP contribution in [0.2, 0.25) is 0 Å². The number of carbonyl (C=O) groups excluding carboxylic acids is 2. The molecule has 27 heavy (non-hydrogen) atoms. The van der Waals surface area contributed by atoms with Gasteiger partial charge in [0.25, 0.3) is 11.8 Å². The number of halogens is 1. The van der Waals surface area contributed by atoms with Gasteiger partial charge >= 0.3 is 0 Å². The first kappa shape index (κ1) is 20.1. The maximum atomic E-state index is 12.3. The van der Waals surface area contributed by atoms with Crippen LogP contribution in [0.4, 0.5) is 0 Å². The number of rotatable bonds is 5. The van der Waals surface area contributed by atoms with Gasteiger partial charge in [-0.25, -0.2) is 0 Å². The predicted octanol–water partition coefficient (Wildman–Crippen LogP) is 2.18. The molecule has 0 radical (unpaired) electrons. The molecule has 0 unspecified atom stereocenters. The van der Waals surface area contributed by atoms with Crippen molar-refractivity contribution in [1.82, 2.24) is 10.2 Å². The number of carbonyl (C=O) groups is 2. The van der Waals surface area contributed by atoms with Gasteiger partial charge in [0.15, 0.2) is 18.1 Å². The number of morpholine rings is 1. The van der Waals surface area contributed by atoms with Crippen molar-refractivity contribution in [3.8, 4) is 11.5 Å². The third-order valence-electron chi connectivity index (χ3n) is 3.90. The Bertz CT molecular complexity index is 809. The maximum Gasteiger partial charge on any atom is 0.263 e. The lowest BCUT2D eigenvalue weighted by Crippen LogP contribution is -2.43. The van der Waals surface area contributed by atoms with Gasteiger partial charge in [0, 0.05) is 13.1 Å². The molecule has 0 saturated carbocycles. The van der Waals surface area contributed by atoms with E-state index < -0.39 is 0 Å². The lowest BCUT2D eigenvalue weighted by atomic mass is 10.2. The number of thioether (sulfide) groups is 1. The van der Waals surface area contributed by atoms with E-state index in [1.54, 1.807) is 23.1 Å². The molecule has 3 rings (SSSR count). The van der Waals surface area contributed by atoms with Crippen molar-refractivity contribution >= 4 is 62.1 Å². The zero-order valence-electron chi connectivity index (χ0n) is 14.5. The van der Waals surface area contributed by atoms with Gasteiger partial charge < -0.3 is 24.4 Å². The molecule has 0 aromatic heterocycles. The Morgan fingerprint density at radius 3 is 2.81 bits per heavy atom. The molecule has 1 aromatic rings. The third-order valence-corrected chi connectivity index (χ3v) is 5.65. The van der Waals surface area contributed by atoms with Gasteiger partial charge in [0.1, 0.15) is 4.32 Å². The normalized spacial score (nSPS) is 18.6. The number of methoxy groups -OCH3 is 1. The number of nitrogens with one attached hydrogen (secondary N) is 1. The van der Waals surface area contributed by atoms with Gasteiger partial charge in [-0.2, -0.15) is 0 Å². The van der Waals surface area contributed by atoms with E-state index in [2.05, 4.69) is 21.2 Å². The largest absolute Gasteiger partial charge is 0.493 e. The highest BCUT2D eigenvalue weighted by Gasteiger charge is 2.23. The summed E-state index contributed by atoms with van der Waals surface area (Å²) >= 11 is 9.64. The van der Waals surface area contributed by atoms with Gasteiger partial charge in [-0.1, -0.05) is 24.0 Å². The van der Waals surface area contributed by atoms with Crippen molar-refractivity contribution in [1.29, 1.82) is 0 Å². The number of hydrogen-bond acceptors (Lipinski definition) is 7. The number of ether oxygens (including phenoxy) is 3. The van der Waals surface area contributed by atoms with Crippen molar-refractivity contribution in [2.75, 3.05) is 40.0 Å². The van der Waals surface area contributed by atoms with Crippen molar-refractivity contribution < 1.29 is 23.8 Å². The zero-order valence-corrected chi connectivity index (χ0v) is 17.7. The SMILES string of the molecule is COc1cc(/C=C2/SC(=S)NC2=O)cc(Br)c1OCC(=O)N1CCOCC1. The molecule has 0 aliphatic carbocycles. The van der Waals surface area contributed by atoms with Crippen molar-refractivity contribution in [2.24, 2.45) is 0 Å². The summed E-state index contributed by atoms with van der Waals surface area (Å²) in [7, 11) is 1.52. The molecule has 0 spiro atoms. The van der Waals surface area contributed by atoms with Crippen LogP contribution < -0.4 is 14.8 Å². The first-order chi connectivity index (χ1) is 13.0. The zero-order chi connectivity index (χ0) is 19.4. The summed E-state index contributed by atoms with van der Waals surface area (Å²) in [6, 6.07) is 3.53. The molecule has 2 aliphatic rings. The van der Waals surface area contributed by atoms with E-state index in [0.717, 1.165) is 5.56 Å². The summed E-state index contributed by atoms with van der Waals surface area (Å²) in [5.41, 5.74) is 0.743. The fourth-order valence-electron chi connectivity index (χ4n) is 2.57. The first-order valence-corrected chi connectivity index (χ1v) is 10.1. The molecule has 2 fully saturated rings. The van der Waals surface area contributed by atoms with E-state index in [1.165, 1.54) is 18.9 Å². The molecule has 2 amide bonds. The van der Waals surface area contributed by atoms with Crippen LogP contribution >= 0.6 is 39.9 Å². The van der Waals surface area contributed by atoms with E-state index in [0.29, 0.717) is 51.5 Å². The predicted molar refractivity (Wildman–Crippen MR) is 110 cm³/mol. The highest BCUT2D eigenvalue weighted by atomic mass is 79.9. The Hall–Kier alpha value is -1.62. The van der Waals surface area contributed by atoms with Crippen LogP contribution in [-0.2, 0) is 14.3 Å². The number of benzene rings is 1. The standard InChI is InChI=1S/C17H17BrN2O5S2/c1-23-12-7-10(8-13-16(22)19-17(26)27-13)6-11(18)15(12)25-9-14(21)20-2-4-24-5-3-20/h6-8H,2-5,9H2,1H3,(H,19,22,26)/b13-8+. The Labute approximate surface area is 174 Å². The number of amides is 2. The van der Waals surface area contributed by atoms with Crippen LogP contribution in [0.25, 0.3) is 6.08 Å². The van der Waals surface area contributed by atoms with Crippen LogP contribution in [-0.4, -0.2) is 61.1 Å². The Balaban J connectivity index is 1.74. The molecule has 144 valence electrons. The average molecular weight is 473 g/mol. The van der Waals surface area contributed by atoms with Crippen LogP contribution in [0.3, 0.4) is 0 Å². The lowest BCUT2D eigenvalue weighted by Gasteiger charge is -2.27. The molecular formula is C17H17BrN2O5S2. The monoisotopic (exact) mass is 472 g/mol. The summed E-state index contributed by atoms with van der Waals surface area (Å²) in [5.74, 6) is 0.555. The Kier molecular flexibility index (Phi) is 6.74. The number of nitrogens with zero attached hydrogens (tertiary/aromatic N) is 1. The van der Waals surface area contributed by atoms with E-state index in [1.807, 2.05) is 0 Å².